The predicted molar refractivity (Wildman–Crippen MR) is 80.4 cm³/mol. The van der Waals surface area contributed by atoms with Gasteiger partial charge in [-0.1, -0.05) is 27.2 Å². The molecule has 1 aromatic rings. The molecule has 1 N–H and O–H groups in total. The van der Waals surface area contributed by atoms with Crippen LogP contribution in [0, 0.1) is 17.8 Å². The van der Waals surface area contributed by atoms with Crippen LogP contribution in [0.25, 0.3) is 0 Å². The third kappa shape index (κ3) is 3.40. The molecule has 0 bridgehead atoms. The van der Waals surface area contributed by atoms with E-state index < -0.39 is 0 Å². The first kappa shape index (κ1) is 14.2. The van der Waals surface area contributed by atoms with Crippen molar-refractivity contribution in [3.05, 3.63) is 28.7 Å². The highest BCUT2D eigenvalue weighted by molar-refractivity contribution is 5.41. The van der Waals surface area contributed by atoms with E-state index in [0.29, 0.717) is 12.0 Å². The van der Waals surface area contributed by atoms with Crippen LogP contribution in [0.2, 0.25) is 0 Å². The van der Waals surface area contributed by atoms with Crippen LogP contribution in [-0.4, -0.2) is 10.6 Å². The van der Waals surface area contributed by atoms with Gasteiger partial charge in [0.15, 0.2) is 0 Å². The lowest BCUT2D eigenvalue weighted by Gasteiger charge is -2.38. The zero-order valence-corrected chi connectivity index (χ0v) is 12.5. The molecule has 3 unspecified atom stereocenters. The smallest absolute Gasteiger partial charge is 0.250 e. The highest BCUT2D eigenvalue weighted by Gasteiger charge is 2.30. The third-order valence-corrected chi connectivity index (χ3v) is 4.46. The lowest BCUT2D eigenvalue weighted by Crippen LogP contribution is -2.38. The van der Waals surface area contributed by atoms with E-state index >= 15 is 0 Å². The molecule has 0 aliphatic heterocycles. The fourth-order valence-electron chi connectivity index (χ4n) is 3.26. The van der Waals surface area contributed by atoms with Gasteiger partial charge in [-0.05, 0) is 36.7 Å². The molecule has 1 saturated carbocycles. The Hall–Kier alpha value is -1.25. The van der Waals surface area contributed by atoms with Crippen molar-refractivity contribution in [3.8, 4) is 0 Å². The van der Waals surface area contributed by atoms with Gasteiger partial charge in [0.05, 0.1) is 5.69 Å². The summed E-state index contributed by atoms with van der Waals surface area (Å²) in [4.78, 5) is 11.4. The molecule has 1 fully saturated rings. The summed E-state index contributed by atoms with van der Waals surface area (Å²) in [7, 11) is 1.80. The van der Waals surface area contributed by atoms with Crippen molar-refractivity contribution in [1.29, 1.82) is 0 Å². The van der Waals surface area contributed by atoms with Crippen LogP contribution < -0.4 is 10.9 Å². The summed E-state index contributed by atoms with van der Waals surface area (Å²) in [5, 5.41) is 3.65. The summed E-state index contributed by atoms with van der Waals surface area (Å²) in [6.45, 7) is 6.97. The summed E-state index contributed by atoms with van der Waals surface area (Å²) in [5.74, 6) is 2.23. The summed E-state index contributed by atoms with van der Waals surface area (Å²) >= 11 is 0. The van der Waals surface area contributed by atoms with Crippen molar-refractivity contribution in [1.82, 2.24) is 4.57 Å². The molecule has 19 heavy (non-hydrogen) atoms. The van der Waals surface area contributed by atoms with Gasteiger partial charge in [-0.2, -0.15) is 0 Å². The topological polar surface area (TPSA) is 34.0 Å². The number of rotatable bonds is 3. The molecular weight excluding hydrogens is 236 g/mol. The maximum absolute atomic E-state index is 11.4. The normalized spacial score (nSPS) is 27.5. The Morgan fingerprint density at radius 1 is 1.32 bits per heavy atom. The molecule has 3 atom stereocenters. The number of aryl methyl sites for hydroxylation is 1. The first-order valence-corrected chi connectivity index (χ1v) is 7.40. The quantitative estimate of drug-likeness (QED) is 0.907. The maximum Gasteiger partial charge on any atom is 0.250 e. The van der Waals surface area contributed by atoms with Gasteiger partial charge in [0, 0.05) is 25.4 Å². The lowest BCUT2D eigenvalue weighted by atomic mass is 9.74. The van der Waals surface area contributed by atoms with Crippen LogP contribution in [0.4, 0.5) is 5.69 Å². The molecule has 1 aliphatic rings. The fraction of sp³-hybridized carbons (Fsp3) is 0.688. The minimum Gasteiger partial charge on any atom is -0.381 e. The molecular formula is C16H26N2O. The molecule has 106 valence electrons. The van der Waals surface area contributed by atoms with E-state index in [4.69, 9.17) is 0 Å². The van der Waals surface area contributed by atoms with E-state index in [0.717, 1.165) is 17.5 Å². The number of hydrogen-bond acceptors (Lipinski definition) is 2. The lowest BCUT2D eigenvalue weighted by molar-refractivity contribution is 0.212. The molecule has 0 saturated heterocycles. The molecule has 1 heterocycles. The number of nitrogens with one attached hydrogen (secondary N) is 1. The predicted octanol–water partition coefficient (Wildman–Crippen LogP) is 3.26. The van der Waals surface area contributed by atoms with E-state index in [1.807, 2.05) is 12.3 Å². The molecule has 0 spiro atoms. The minimum absolute atomic E-state index is 0.0444. The van der Waals surface area contributed by atoms with Gasteiger partial charge >= 0.3 is 0 Å². The molecule has 1 aromatic heterocycles. The van der Waals surface area contributed by atoms with Gasteiger partial charge in [-0.25, -0.2) is 0 Å². The van der Waals surface area contributed by atoms with Crippen molar-refractivity contribution in [2.45, 2.75) is 46.1 Å². The summed E-state index contributed by atoms with van der Waals surface area (Å²) < 4.78 is 1.64. The van der Waals surface area contributed by atoms with Crippen LogP contribution in [0.5, 0.6) is 0 Å². The molecule has 1 aliphatic carbocycles. The number of nitrogens with zero attached hydrogens (tertiary/aromatic N) is 1. The SMILES string of the molecule is CC1CCC(C(C)C)C(Nc2ccc(=O)n(C)c2)C1. The second-order valence-electron chi connectivity index (χ2n) is 6.44. The van der Waals surface area contributed by atoms with Crippen molar-refractivity contribution >= 4 is 5.69 Å². The van der Waals surface area contributed by atoms with E-state index in [1.165, 1.54) is 19.3 Å². The van der Waals surface area contributed by atoms with Gasteiger partial charge < -0.3 is 9.88 Å². The van der Waals surface area contributed by atoms with E-state index in [9.17, 15) is 4.79 Å². The summed E-state index contributed by atoms with van der Waals surface area (Å²) in [5.41, 5.74) is 1.11. The van der Waals surface area contributed by atoms with Gasteiger partial charge in [0.1, 0.15) is 0 Å². The molecule has 0 amide bonds. The largest absolute Gasteiger partial charge is 0.381 e. The second-order valence-corrected chi connectivity index (χ2v) is 6.44. The van der Waals surface area contributed by atoms with Crippen LogP contribution in [0.1, 0.15) is 40.0 Å². The molecule has 2 rings (SSSR count). The Morgan fingerprint density at radius 3 is 2.68 bits per heavy atom. The second kappa shape index (κ2) is 5.81. The Balaban J connectivity index is 2.13. The van der Waals surface area contributed by atoms with Crippen LogP contribution in [-0.2, 0) is 7.05 Å². The zero-order chi connectivity index (χ0) is 14.0. The first-order valence-electron chi connectivity index (χ1n) is 7.40. The Kier molecular flexibility index (Phi) is 4.33. The highest BCUT2D eigenvalue weighted by atomic mass is 16.1. The zero-order valence-electron chi connectivity index (χ0n) is 12.5. The average molecular weight is 262 g/mol. The number of aromatic nitrogens is 1. The number of pyridine rings is 1. The van der Waals surface area contributed by atoms with Gasteiger partial charge in [-0.3, -0.25) is 4.79 Å². The Morgan fingerprint density at radius 2 is 2.05 bits per heavy atom. The maximum atomic E-state index is 11.4. The molecule has 3 heteroatoms. The number of anilines is 1. The standard InChI is InChI=1S/C16H26N2O/c1-11(2)14-7-5-12(3)9-15(14)17-13-6-8-16(19)18(4)10-13/h6,8,10-12,14-15,17H,5,7,9H2,1-4H3. The number of hydrogen-bond donors (Lipinski definition) is 1. The minimum atomic E-state index is 0.0444. The molecule has 0 aromatic carbocycles. The van der Waals surface area contributed by atoms with E-state index in [-0.39, 0.29) is 5.56 Å². The third-order valence-electron chi connectivity index (χ3n) is 4.46. The van der Waals surface area contributed by atoms with Crippen LogP contribution in [0.3, 0.4) is 0 Å². The van der Waals surface area contributed by atoms with E-state index in [1.54, 1.807) is 17.7 Å². The fourth-order valence-corrected chi connectivity index (χ4v) is 3.26. The van der Waals surface area contributed by atoms with Crippen molar-refractivity contribution in [2.24, 2.45) is 24.8 Å². The summed E-state index contributed by atoms with van der Waals surface area (Å²) in [6.07, 6.45) is 5.78. The molecule has 0 radical (unpaired) electrons. The van der Waals surface area contributed by atoms with Crippen LogP contribution >= 0.6 is 0 Å². The first-order chi connectivity index (χ1) is 8.97. The highest BCUT2D eigenvalue weighted by Crippen LogP contribution is 2.35. The average Bonchev–Trinajstić information content (AvgIpc) is 2.33. The van der Waals surface area contributed by atoms with Gasteiger partial charge in [0.2, 0.25) is 5.56 Å². The van der Waals surface area contributed by atoms with Crippen LogP contribution in [0.15, 0.2) is 23.1 Å². The van der Waals surface area contributed by atoms with E-state index in [2.05, 4.69) is 26.1 Å². The van der Waals surface area contributed by atoms with Gasteiger partial charge in [0.25, 0.3) is 0 Å². The van der Waals surface area contributed by atoms with Crippen molar-refractivity contribution in [3.63, 3.8) is 0 Å². The molecule has 3 nitrogen and oxygen atoms in total. The van der Waals surface area contributed by atoms with Crippen molar-refractivity contribution in [2.75, 3.05) is 5.32 Å². The summed E-state index contributed by atoms with van der Waals surface area (Å²) in [6, 6.07) is 4.07. The Labute approximate surface area is 116 Å². The Bertz CT molecular complexity index is 478. The van der Waals surface area contributed by atoms with Gasteiger partial charge in [-0.15, -0.1) is 0 Å². The van der Waals surface area contributed by atoms with Crippen molar-refractivity contribution < 1.29 is 0 Å². The monoisotopic (exact) mass is 262 g/mol.